The number of hydrogen-bond acceptors (Lipinski definition) is 10. The van der Waals surface area contributed by atoms with E-state index in [4.69, 9.17) is 14.2 Å². The summed E-state index contributed by atoms with van der Waals surface area (Å²) in [5.74, 6) is -1.24. The largest absolute Gasteiger partial charge is 0.454 e. The number of aliphatic hydroxyl groups excluding tert-OH is 5. The van der Waals surface area contributed by atoms with Gasteiger partial charge in [-0.05, 0) is 64.2 Å². The predicted octanol–water partition coefficient (Wildman–Crippen LogP) is 11.4. The predicted molar refractivity (Wildman–Crippen MR) is 278 cm³/mol. The van der Waals surface area contributed by atoms with Crippen LogP contribution in [0.4, 0.5) is 0 Å². The van der Waals surface area contributed by atoms with E-state index in [1.54, 1.807) is 6.08 Å². The number of nitrogens with one attached hydrogen (secondary N) is 1. The molecule has 1 amide bonds. The second-order valence-corrected chi connectivity index (χ2v) is 18.3. The number of amides is 1. The van der Waals surface area contributed by atoms with E-state index in [1.165, 1.54) is 44.9 Å². The molecule has 8 atom stereocenters. The van der Waals surface area contributed by atoms with Gasteiger partial charge in [0.1, 0.15) is 24.4 Å². The van der Waals surface area contributed by atoms with E-state index in [2.05, 4.69) is 62.5 Å². The average molecular weight is 956 g/mol. The van der Waals surface area contributed by atoms with Crippen molar-refractivity contribution in [2.24, 2.45) is 0 Å². The van der Waals surface area contributed by atoms with Crippen LogP contribution in [0.1, 0.15) is 201 Å². The van der Waals surface area contributed by atoms with Crippen LogP contribution in [0.5, 0.6) is 0 Å². The van der Waals surface area contributed by atoms with Gasteiger partial charge in [0.15, 0.2) is 12.4 Å². The fourth-order valence-corrected chi connectivity index (χ4v) is 7.88. The summed E-state index contributed by atoms with van der Waals surface area (Å²) < 4.78 is 17.5. The van der Waals surface area contributed by atoms with Crippen molar-refractivity contribution in [3.8, 4) is 0 Å². The molecule has 0 radical (unpaired) electrons. The molecule has 0 aromatic rings. The molecule has 0 aromatic heterocycles. The number of rotatable bonds is 43. The summed E-state index contributed by atoms with van der Waals surface area (Å²) in [5.41, 5.74) is 0. The van der Waals surface area contributed by atoms with E-state index in [0.717, 1.165) is 109 Å². The van der Waals surface area contributed by atoms with E-state index in [0.29, 0.717) is 12.8 Å². The molecule has 11 heteroatoms. The zero-order valence-corrected chi connectivity index (χ0v) is 42.7. The molecule has 8 unspecified atom stereocenters. The van der Waals surface area contributed by atoms with Gasteiger partial charge in [-0.1, -0.05) is 215 Å². The molecule has 6 N–H and O–H groups in total. The van der Waals surface area contributed by atoms with Crippen molar-refractivity contribution >= 4 is 11.9 Å². The molecular formula is C57H97NO10. The summed E-state index contributed by atoms with van der Waals surface area (Å²) in [7, 11) is 0. The van der Waals surface area contributed by atoms with Gasteiger partial charge in [0, 0.05) is 6.42 Å². The Morgan fingerprint density at radius 3 is 1.57 bits per heavy atom. The van der Waals surface area contributed by atoms with Crippen molar-refractivity contribution in [3.63, 3.8) is 0 Å². The van der Waals surface area contributed by atoms with Crippen molar-refractivity contribution < 1.29 is 49.3 Å². The van der Waals surface area contributed by atoms with Gasteiger partial charge in [0.05, 0.1) is 25.4 Å². The summed E-state index contributed by atoms with van der Waals surface area (Å²) in [6, 6.07) is -1.04. The third kappa shape index (κ3) is 33.4. The Bertz CT molecular complexity index is 1420. The Kier molecular flexibility index (Phi) is 41.6. The van der Waals surface area contributed by atoms with Crippen LogP contribution in [0, 0.1) is 0 Å². The summed E-state index contributed by atoms with van der Waals surface area (Å²) in [5, 5.41) is 56.6. The summed E-state index contributed by atoms with van der Waals surface area (Å²) >= 11 is 0. The van der Waals surface area contributed by atoms with Gasteiger partial charge < -0.3 is 45.1 Å². The quantitative estimate of drug-likeness (QED) is 0.0149. The highest BCUT2D eigenvalue weighted by Crippen LogP contribution is 2.26. The van der Waals surface area contributed by atoms with E-state index < -0.39 is 67.4 Å². The Hall–Kier alpha value is -3.16. The van der Waals surface area contributed by atoms with Crippen LogP contribution in [0.2, 0.25) is 0 Å². The Morgan fingerprint density at radius 2 is 1.06 bits per heavy atom. The number of aliphatic hydroxyl groups is 5. The van der Waals surface area contributed by atoms with Crippen LogP contribution in [-0.2, 0) is 23.8 Å². The number of allylic oxidation sites excluding steroid dienone is 13. The number of unbranched alkanes of at least 4 members (excludes halogenated alkanes) is 21. The number of esters is 1. The zero-order valence-electron chi connectivity index (χ0n) is 42.7. The molecule has 0 spiro atoms. The highest BCUT2D eigenvalue weighted by Gasteiger charge is 2.47. The molecule has 0 saturated carbocycles. The van der Waals surface area contributed by atoms with E-state index >= 15 is 0 Å². The Morgan fingerprint density at radius 1 is 0.588 bits per heavy atom. The fourth-order valence-electron chi connectivity index (χ4n) is 7.88. The van der Waals surface area contributed by atoms with Crippen LogP contribution < -0.4 is 5.32 Å². The first-order chi connectivity index (χ1) is 33.2. The van der Waals surface area contributed by atoms with Gasteiger partial charge in [-0.25, -0.2) is 0 Å². The van der Waals surface area contributed by atoms with Gasteiger partial charge in [-0.3, -0.25) is 9.59 Å². The van der Waals surface area contributed by atoms with Crippen LogP contribution in [0.3, 0.4) is 0 Å². The average Bonchev–Trinajstić information content (AvgIpc) is 3.33. The standard InChI is InChI=1S/C57H97NO10/c1-4-7-10-13-16-19-22-25-26-27-30-33-36-39-42-45-52(62)68-55-54(64)53(63)51(46-59)67-57(55)66-47-48(49(60)43-40-37-34-31-28-23-20-17-14-11-8-5-2)58-56(65)50(61)44-41-38-35-32-29-24-21-18-15-12-9-6-3/h7,9-10,12-13,15-16,18-19,21-22,24,40,43,48-51,53-55,57,59-61,63-64H,4-6,8,11,14,17,20,23,25-39,41-42,44-47H2,1-3H3,(H,58,65)/b10-7+,12-9+,16-13+,18-15+,22-19+,24-21-,43-40+. The summed E-state index contributed by atoms with van der Waals surface area (Å²) in [6.07, 6.45) is 46.3. The fraction of sp³-hybridized carbons (Fsp3) is 0.719. The number of ether oxygens (including phenoxy) is 3. The topological polar surface area (TPSA) is 175 Å². The SMILES string of the molecule is CC/C=C/C=C/C=C\CCCCCCC(O)C(=O)NC(COC1OC(CO)C(O)C(O)C1OC(=O)CCCCCCCCC/C=C/C=C/C=C/CC)C(O)/C=C/CCCCCCCCCCCC. The van der Waals surface area contributed by atoms with Crippen LogP contribution in [0.25, 0.3) is 0 Å². The van der Waals surface area contributed by atoms with Crippen molar-refractivity contribution in [1.82, 2.24) is 5.32 Å². The van der Waals surface area contributed by atoms with Crippen molar-refractivity contribution in [2.45, 2.75) is 250 Å². The van der Waals surface area contributed by atoms with E-state index in [-0.39, 0.29) is 19.4 Å². The van der Waals surface area contributed by atoms with Gasteiger partial charge in [0.2, 0.25) is 5.91 Å². The van der Waals surface area contributed by atoms with Gasteiger partial charge in [-0.15, -0.1) is 0 Å². The summed E-state index contributed by atoms with van der Waals surface area (Å²) in [4.78, 5) is 26.4. The lowest BCUT2D eigenvalue weighted by atomic mass is 9.99. The van der Waals surface area contributed by atoms with Gasteiger partial charge in [0.25, 0.3) is 0 Å². The lowest BCUT2D eigenvalue weighted by Crippen LogP contribution is -2.61. The second-order valence-electron chi connectivity index (χ2n) is 18.3. The normalized spacial score (nSPS) is 20.6. The van der Waals surface area contributed by atoms with Crippen LogP contribution in [0.15, 0.2) is 85.1 Å². The molecule has 1 heterocycles. The molecule has 1 rings (SSSR count). The van der Waals surface area contributed by atoms with Crippen LogP contribution in [-0.4, -0.2) is 99.6 Å². The van der Waals surface area contributed by atoms with Gasteiger partial charge >= 0.3 is 5.97 Å². The Labute approximate surface area is 413 Å². The number of hydrogen-bond donors (Lipinski definition) is 6. The maximum atomic E-state index is 13.3. The molecule has 1 saturated heterocycles. The molecule has 68 heavy (non-hydrogen) atoms. The van der Waals surface area contributed by atoms with E-state index in [1.807, 2.05) is 42.5 Å². The molecular weight excluding hydrogens is 859 g/mol. The number of carbonyl (C=O) groups is 2. The maximum Gasteiger partial charge on any atom is 0.306 e. The molecule has 0 aromatic carbocycles. The molecule has 1 aliphatic rings. The molecule has 390 valence electrons. The summed E-state index contributed by atoms with van der Waals surface area (Å²) in [6.45, 7) is 5.46. The highest BCUT2D eigenvalue weighted by molar-refractivity contribution is 5.80. The van der Waals surface area contributed by atoms with Crippen molar-refractivity contribution in [1.29, 1.82) is 0 Å². The lowest BCUT2D eigenvalue weighted by Gasteiger charge is -2.41. The Balaban J connectivity index is 2.78. The lowest BCUT2D eigenvalue weighted by molar-refractivity contribution is -0.305. The van der Waals surface area contributed by atoms with E-state index in [9.17, 15) is 35.1 Å². The minimum Gasteiger partial charge on any atom is -0.454 e. The first-order valence-corrected chi connectivity index (χ1v) is 26.9. The monoisotopic (exact) mass is 956 g/mol. The molecule has 11 nitrogen and oxygen atoms in total. The van der Waals surface area contributed by atoms with Gasteiger partial charge in [-0.2, -0.15) is 0 Å². The van der Waals surface area contributed by atoms with Crippen LogP contribution >= 0.6 is 0 Å². The highest BCUT2D eigenvalue weighted by atomic mass is 16.7. The van der Waals surface area contributed by atoms with Crippen molar-refractivity contribution in [2.75, 3.05) is 13.2 Å². The van der Waals surface area contributed by atoms with Crippen molar-refractivity contribution in [3.05, 3.63) is 85.1 Å². The minimum atomic E-state index is -1.62. The smallest absolute Gasteiger partial charge is 0.306 e. The first kappa shape index (κ1) is 62.9. The second kappa shape index (κ2) is 45.0. The molecule has 0 aliphatic carbocycles. The molecule has 0 bridgehead atoms. The molecule has 1 fully saturated rings. The first-order valence-electron chi connectivity index (χ1n) is 26.9. The third-order valence-electron chi connectivity index (χ3n) is 12.2. The number of carbonyl (C=O) groups excluding carboxylic acids is 2. The zero-order chi connectivity index (χ0) is 49.7. The third-order valence-corrected chi connectivity index (χ3v) is 12.2. The molecule has 1 aliphatic heterocycles. The maximum absolute atomic E-state index is 13.3. The minimum absolute atomic E-state index is 0.103.